The van der Waals surface area contributed by atoms with E-state index in [0.717, 1.165) is 31.6 Å². The van der Waals surface area contributed by atoms with Crippen molar-refractivity contribution in [1.29, 1.82) is 0 Å². The molecule has 0 amide bonds. The molecule has 3 aromatic rings. The van der Waals surface area contributed by atoms with E-state index in [9.17, 15) is 4.79 Å². The molecule has 1 saturated heterocycles. The minimum absolute atomic E-state index is 0. The van der Waals surface area contributed by atoms with Crippen LogP contribution in [-0.4, -0.2) is 37.8 Å². The number of hydrogen-bond acceptors (Lipinski definition) is 6. The third kappa shape index (κ3) is 3.26. The lowest BCUT2D eigenvalue weighted by atomic mass is 9.94. The Bertz CT molecular complexity index is 962. The van der Waals surface area contributed by atoms with Crippen molar-refractivity contribution in [3.63, 3.8) is 0 Å². The summed E-state index contributed by atoms with van der Waals surface area (Å²) in [7, 11) is 0. The molecule has 26 heavy (non-hydrogen) atoms. The van der Waals surface area contributed by atoms with Crippen LogP contribution in [0.15, 0.2) is 21.6 Å². The molecule has 140 valence electrons. The molecule has 0 aromatic carbocycles. The topological polar surface area (TPSA) is 101 Å². The van der Waals surface area contributed by atoms with Crippen molar-refractivity contribution >= 4 is 18.1 Å². The summed E-state index contributed by atoms with van der Waals surface area (Å²) in [5.74, 6) is 1.31. The van der Waals surface area contributed by atoms with E-state index in [0.29, 0.717) is 28.8 Å². The predicted octanol–water partition coefficient (Wildman–Crippen LogP) is 2.26. The standard InChI is InChI=1S/C17H22N6O2.ClH/c1-17(2,3)16-21-15(25-22-16)11-9-19-23-12(8-13(24)20-14(11)23)10-4-6-18-7-5-10;/h8-10,18H,4-7H2,1-3H3,(H,20,24);1H. The zero-order valence-corrected chi connectivity index (χ0v) is 15.9. The summed E-state index contributed by atoms with van der Waals surface area (Å²) in [5, 5.41) is 11.9. The molecule has 0 spiro atoms. The van der Waals surface area contributed by atoms with E-state index in [4.69, 9.17) is 4.52 Å². The molecule has 1 fully saturated rings. The lowest BCUT2D eigenvalue weighted by Crippen LogP contribution is -2.28. The van der Waals surface area contributed by atoms with Gasteiger partial charge in [0.1, 0.15) is 11.2 Å². The number of nitrogens with one attached hydrogen (secondary N) is 2. The van der Waals surface area contributed by atoms with Gasteiger partial charge in [0.15, 0.2) is 5.82 Å². The minimum Gasteiger partial charge on any atom is -0.334 e. The molecule has 8 nitrogen and oxygen atoms in total. The SMILES string of the molecule is CC(C)(C)c1noc(-c2cnn3c(C4CCNCC4)cc(=O)[nH]c23)n1.Cl. The Hall–Kier alpha value is -2.19. The fourth-order valence-electron chi connectivity index (χ4n) is 3.22. The van der Waals surface area contributed by atoms with E-state index < -0.39 is 0 Å². The highest BCUT2D eigenvalue weighted by molar-refractivity contribution is 5.85. The first-order valence-corrected chi connectivity index (χ1v) is 8.60. The summed E-state index contributed by atoms with van der Waals surface area (Å²) in [5.41, 5.74) is 1.83. The van der Waals surface area contributed by atoms with E-state index >= 15 is 0 Å². The third-order valence-corrected chi connectivity index (χ3v) is 4.62. The summed E-state index contributed by atoms with van der Waals surface area (Å²) in [6.07, 6.45) is 3.65. The first-order chi connectivity index (χ1) is 11.9. The molecule has 0 aliphatic carbocycles. The van der Waals surface area contributed by atoms with Crippen molar-refractivity contribution in [2.24, 2.45) is 0 Å². The van der Waals surface area contributed by atoms with E-state index in [1.54, 1.807) is 16.8 Å². The zero-order valence-electron chi connectivity index (χ0n) is 15.1. The summed E-state index contributed by atoms with van der Waals surface area (Å²) < 4.78 is 7.22. The average Bonchev–Trinajstić information content (AvgIpc) is 3.21. The van der Waals surface area contributed by atoms with Gasteiger partial charge >= 0.3 is 0 Å². The second kappa shape index (κ2) is 6.85. The number of H-pyrrole nitrogens is 1. The molecule has 0 radical (unpaired) electrons. The molecule has 0 unspecified atom stereocenters. The molecular formula is C17H23ClN6O2. The molecular weight excluding hydrogens is 356 g/mol. The van der Waals surface area contributed by atoms with Gasteiger partial charge in [-0.2, -0.15) is 10.1 Å². The van der Waals surface area contributed by atoms with Crippen molar-refractivity contribution in [1.82, 2.24) is 30.1 Å². The van der Waals surface area contributed by atoms with Gasteiger partial charge in [-0.3, -0.25) is 4.79 Å². The molecule has 2 N–H and O–H groups in total. The van der Waals surface area contributed by atoms with E-state index in [-0.39, 0.29) is 23.4 Å². The van der Waals surface area contributed by atoms with Gasteiger partial charge in [-0.25, -0.2) is 4.52 Å². The number of rotatable bonds is 2. The molecule has 0 atom stereocenters. The van der Waals surface area contributed by atoms with Crippen molar-refractivity contribution < 1.29 is 4.52 Å². The fourth-order valence-corrected chi connectivity index (χ4v) is 3.22. The van der Waals surface area contributed by atoms with Gasteiger partial charge in [-0.05, 0) is 25.9 Å². The van der Waals surface area contributed by atoms with Crippen molar-refractivity contribution in [3.8, 4) is 11.5 Å². The minimum atomic E-state index is -0.210. The quantitative estimate of drug-likeness (QED) is 0.709. The number of nitrogens with zero attached hydrogens (tertiary/aromatic N) is 4. The third-order valence-electron chi connectivity index (χ3n) is 4.62. The largest absolute Gasteiger partial charge is 0.334 e. The van der Waals surface area contributed by atoms with Crippen LogP contribution in [-0.2, 0) is 5.41 Å². The Morgan fingerprint density at radius 1 is 1.27 bits per heavy atom. The van der Waals surface area contributed by atoms with Crippen molar-refractivity contribution in [2.45, 2.75) is 44.9 Å². The van der Waals surface area contributed by atoms with Crippen LogP contribution in [0.5, 0.6) is 0 Å². The molecule has 4 heterocycles. The van der Waals surface area contributed by atoms with Crippen molar-refractivity contribution in [3.05, 3.63) is 34.1 Å². The normalized spacial score (nSPS) is 16.0. The molecule has 0 saturated carbocycles. The highest BCUT2D eigenvalue weighted by Crippen LogP contribution is 2.29. The lowest BCUT2D eigenvalue weighted by molar-refractivity contribution is 0.402. The van der Waals surface area contributed by atoms with Crippen LogP contribution in [0.25, 0.3) is 17.1 Å². The predicted molar refractivity (Wildman–Crippen MR) is 99.9 cm³/mol. The summed E-state index contributed by atoms with van der Waals surface area (Å²) in [4.78, 5) is 19.6. The smallest absolute Gasteiger partial charge is 0.263 e. The molecule has 4 rings (SSSR count). The van der Waals surface area contributed by atoms with Gasteiger partial charge in [0.2, 0.25) is 0 Å². The first-order valence-electron chi connectivity index (χ1n) is 8.60. The first kappa shape index (κ1) is 18.6. The van der Waals surface area contributed by atoms with Crippen LogP contribution in [0.1, 0.15) is 51.0 Å². The second-order valence-electron chi connectivity index (χ2n) is 7.57. The molecule has 1 aliphatic heterocycles. The maximum absolute atomic E-state index is 12.2. The van der Waals surface area contributed by atoms with Gasteiger partial charge in [0, 0.05) is 17.4 Å². The summed E-state index contributed by atoms with van der Waals surface area (Å²) in [6.45, 7) is 7.97. The molecule has 0 bridgehead atoms. The number of aromatic amines is 1. The molecule has 9 heteroatoms. The van der Waals surface area contributed by atoms with Gasteiger partial charge in [-0.1, -0.05) is 25.9 Å². The van der Waals surface area contributed by atoms with Gasteiger partial charge in [0.25, 0.3) is 11.4 Å². The molecule has 3 aromatic heterocycles. The number of piperidine rings is 1. The number of fused-ring (bicyclic) bond motifs is 1. The molecule has 1 aliphatic rings. The van der Waals surface area contributed by atoms with Crippen molar-refractivity contribution in [2.75, 3.05) is 13.1 Å². The Kier molecular flexibility index (Phi) is 4.90. The second-order valence-corrected chi connectivity index (χ2v) is 7.57. The summed E-state index contributed by atoms with van der Waals surface area (Å²) >= 11 is 0. The highest BCUT2D eigenvalue weighted by Gasteiger charge is 2.25. The van der Waals surface area contributed by atoms with Gasteiger partial charge < -0.3 is 14.8 Å². The van der Waals surface area contributed by atoms with Crippen LogP contribution >= 0.6 is 12.4 Å². The van der Waals surface area contributed by atoms with Crippen LogP contribution in [0, 0.1) is 0 Å². The highest BCUT2D eigenvalue weighted by atomic mass is 35.5. The summed E-state index contributed by atoms with van der Waals surface area (Å²) in [6, 6.07) is 1.65. The average molecular weight is 379 g/mol. The maximum atomic E-state index is 12.2. The van der Waals surface area contributed by atoms with E-state index in [1.807, 2.05) is 20.8 Å². The Morgan fingerprint density at radius 3 is 2.65 bits per heavy atom. The monoisotopic (exact) mass is 378 g/mol. The van der Waals surface area contributed by atoms with Crippen LogP contribution in [0.4, 0.5) is 0 Å². The van der Waals surface area contributed by atoms with Crippen LogP contribution < -0.4 is 10.9 Å². The van der Waals surface area contributed by atoms with Crippen LogP contribution in [0.2, 0.25) is 0 Å². The van der Waals surface area contributed by atoms with E-state index in [1.165, 1.54) is 0 Å². The zero-order chi connectivity index (χ0) is 17.6. The maximum Gasteiger partial charge on any atom is 0.263 e. The number of aromatic nitrogens is 5. The fraction of sp³-hybridized carbons (Fsp3) is 0.529. The van der Waals surface area contributed by atoms with Gasteiger partial charge in [-0.15, -0.1) is 12.4 Å². The Balaban J connectivity index is 0.00000196. The number of halogens is 1. The number of hydrogen-bond donors (Lipinski definition) is 2. The van der Waals surface area contributed by atoms with E-state index in [2.05, 4.69) is 25.5 Å². The van der Waals surface area contributed by atoms with Gasteiger partial charge in [0.05, 0.1) is 11.9 Å². The lowest BCUT2D eigenvalue weighted by Gasteiger charge is -2.23. The Labute approximate surface area is 156 Å². The van der Waals surface area contributed by atoms with Crippen LogP contribution in [0.3, 0.4) is 0 Å². The Morgan fingerprint density at radius 2 is 2.00 bits per heavy atom.